The third kappa shape index (κ3) is 5.58. The fourth-order valence-corrected chi connectivity index (χ4v) is 6.22. The van der Waals surface area contributed by atoms with E-state index in [1.807, 2.05) is 25.7 Å². The summed E-state index contributed by atoms with van der Waals surface area (Å²) in [5.41, 5.74) is -0.374. The van der Waals surface area contributed by atoms with Crippen LogP contribution in [0.1, 0.15) is 46.5 Å². The van der Waals surface area contributed by atoms with Gasteiger partial charge < -0.3 is 24.6 Å². The number of carbonyl (C=O) groups is 1. The van der Waals surface area contributed by atoms with Crippen LogP contribution in [-0.2, 0) is 4.74 Å². The van der Waals surface area contributed by atoms with Crippen LogP contribution in [0.25, 0.3) is 10.9 Å². The highest BCUT2D eigenvalue weighted by Crippen LogP contribution is 2.46. The highest BCUT2D eigenvalue weighted by atomic mass is 35.5. The largest absolute Gasteiger partial charge is 0.463 e. The van der Waals surface area contributed by atoms with Crippen molar-refractivity contribution in [3.63, 3.8) is 0 Å². The standard InChI is InChI=1S/C27H37ClFN7O3/c1-26(2,3)39-25(37)36-17-4-5-18(36)14-35(13-17)23-19-12-31-22(28)20(29)21(19)32-24(33-23)38-16-27(6-7-27)15-34-10-8-30-9-11-34/h12,17-18,30H,4-11,13-16H2,1-3H3. The van der Waals surface area contributed by atoms with Crippen LogP contribution >= 0.6 is 11.6 Å². The van der Waals surface area contributed by atoms with Gasteiger partial charge >= 0.3 is 12.1 Å². The van der Waals surface area contributed by atoms with Gasteiger partial charge in [0.2, 0.25) is 0 Å². The third-order valence-corrected chi connectivity index (χ3v) is 8.48. The van der Waals surface area contributed by atoms with Crippen molar-refractivity contribution in [1.29, 1.82) is 0 Å². The second kappa shape index (κ2) is 10.2. The number of aromatic nitrogens is 3. The zero-order chi connectivity index (χ0) is 27.4. The summed E-state index contributed by atoms with van der Waals surface area (Å²) < 4.78 is 27.0. The molecule has 4 fully saturated rings. The van der Waals surface area contributed by atoms with Gasteiger partial charge in [-0.05, 0) is 46.5 Å². The lowest BCUT2D eigenvalue weighted by Gasteiger charge is -2.42. The van der Waals surface area contributed by atoms with Crippen molar-refractivity contribution in [2.45, 2.75) is 64.1 Å². The highest BCUT2D eigenvalue weighted by Gasteiger charge is 2.46. The molecule has 12 heteroatoms. The number of piperazine rings is 2. The minimum atomic E-state index is -0.681. The third-order valence-electron chi connectivity index (χ3n) is 8.22. The number of amides is 1. The number of ether oxygens (including phenoxy) is 2. The number of pyridine rings is 1. The number of hydrogen-bond acceptors (Lipinski definition) is 9. The van der Waals surface area contributed by atoms with E-state index in [1.54, 1.807) is 0 Å². The maximum atomic E-state index is 15.2. The quantitative estimate of drug-likeness (QED) is 0.532. The van der Waals surface area contributed by atoms with Crippen LogP contribution in [0.2, 0.25) is 5.15 Å². The zero-order valence-electron chi connectivity index (χ0n) is 22.9. The first-order chi connectivity index (χ1) is 18.6. The Balaban J connectivity index is 1.24. The summed E-state index contributed by atoms with van der Waals surface area (Å²) in [6.45, 7) is 12.3. The van der Waals surface area contributed by atoms with Crippen LogP contribution in [0.4, 0.5) is 15.0 Å². The number of rotatable bonds is 6. The Labute approximate surface area is 233 Å². The van der Waals surface area contributed by atoms with Gasteiger partial charge in [0.15, 0.2) is 11.0 Å². The lowest BCUT2D eigenvalue weighted by atomic mass is 10.1. The summed E-state index contributed by atoms with van der Waals surface area (Å²) in [5, 5.41) is 3.65. The van der Waals surface area contributed by atoms with Crippen molar-refractivity contribution >= 4 is 34.4 Å². The van der Waals surface area contributed by atoms with Crippen molar-refractivity contribution in [3.05, 3.63) is 17.2 Å². The molecule has 1 aliphatic carbocycles. The molecular formula is C27H37ClFN7O3. The Kier molecular flexibility index (Phi) is 6.96. The van der Waals surface area contributed by atoms with Crippen molar-refractivity contribution in [2.24, 2.45) is 5.41 Å². The van der Waals surface area contributed by atoms with E-state index in [4.69, 9.17) is 26.1 Å². The zero-order valence-corrected chi connectivity index (χ0v) is 23.6. The summed E-state index contributed by atoms with van der Waals surface area (Å²) in [5.74, 6) is -0.120. The van der Waals surface area contributed by atoms with Crippen LogP contribution in [0.5, 0.6) is 6.01 Å². The molecule has 1 saturated carbocycles. The maximum absolute atomic E-state index is 15.2. The fourth-order valence-electron chi connectivity index (χ4n) is 6.08. The molecule has 1 N–H and O–H groups in total. The van der Waals surface area contributed by atoms with E-state index in [1.165, 1.54) is 6.20 Å². The predicted octanol–water partition coefficient (Wildman–Crippen LogP) is 3.47. The van der Waals surface area contributed by atoms with Crippen LogP contribution in [0, 0.1) is 11.2 Å². The summed E-state index contributed by atoms with van der Waals surface area (Å²) in [7, 11) is 0. The molecule has 2 aromatic heterocycles. The van der Waals surface area contributed by atoms with E-state index in [0.29, 0.717) is 30.9 Å². The molecule has 5 heterocycles. The summed E-state index contributed by atoms with van der Waals surface area (Å²) >= 11 is 6.04. The molecule has 10 nitrogen and oxygen atoms in total. The first-order valence-corrected chi connectivity index (χ1v) is 14.3. The van der Waals surface area contributed by atoms with Crippen LogP contribution in [-0.4, -0.2) is 101 Å². The molecule has 0 aromatic carbocycles. The lowest BCUT2D eigenvalue weighted by molar-refractivity contribution is 0.0123. The van der Waals surface area contributed by atoms with Gasteiger partial charge in [-0.2, -0.15) is 9.97 Å². The number of carbonyl (C=O) groups excluding carboxylic acids is 1. The van der Waals surface area contributed by atoms with Gasteiger partial charge in [0.05, 0.1) is 24.1 Å². The lowest BCUT2D eigenvalue weighted by Crippen LogP contribution is -2.57. The van der Waals surface area contributed by atoms with E-state index in [-0.39, 0.29) is 40.3 Å². The van der Waals surface area contributed by atoms with E-state index >= 15 is 4.39 Å². The molecule has 1 amide bonds. The van der Waals surface area contributed by atoms with Crippen LogP contribution in [0.15, 0.2) is 6.20 Å². The Morgan fingerprint density at radius 2 is 1.87 bits per heavy atom. The van der Waals surface area contributed by atoms with Crippen molar-refractivity contribution in [1.82, 2.24) is 30.1 Å². The SMILES string of the molecule is CC(C)(C)OC(=O)N1C2CCC1CN(c1nc(OCC3(CN4CCNCC4)CC3)nc3c(F)c(Cl)ncc13)C2. The average molecular weight is 562 g/mol. The Bertz CT molecular complexity index is 1230. The molecule has 2 unspecified atom stereocenters. The van der Waals surface area contributed by atoms with E-state index < -0.39 is 11.4 Å². The van der Waals surface area contributed by atoms with Crippen molar-refractivity contribution in [3.8, 4) is 6.01 Å². The molecule has 2 bridgehead atoms. The second-order valence-electron chi connectivity index (χ2n) is 12.4. The minimum Gasteiger partial charge on any atom is -0.463 e. The first-order valence-electron chi connectivity index (χ1n) is 13.9. The molecule has 4 aliphatic rings. The Morgan fingerprint density at radius 1 is 1.18 bits per heavy atom. The smallest absolute Gasteiger partial charge is 0.410 e. The maximum Gasteiger partial charge on any atom is 0.410 e. The molecule has 0 spiro atoms. The Hall–Kier alpha value is -2.50. The molecule has 2 atom stereocenters. The monoisotopic (exact) mass is 561 g/mol. The number of nitrogens with one attached hydrogen (secondary N) is 1. The van der Waals surface area contributed by atoms with Crippen LogP contribution in [0.3, 0.4) is 0 Å². The van der Waals surface area contributed by atoms with Gasteiger partial charge in [0, 0.05) is 57.4 Å². The molecule has 0 radical (unpaired) electrons. The van der Waals surface area contributed by atoms with Crippen molar-refractivity contribution < 1.29 is 18.7 Å². The van der Waals surface area contributed by atoms with Gasteiger partial charge in [-0.25, -0.2) is 14.2 Å². The number of fused-ring (bicyclic) bond motifs is 3. The number of anilines is 1. The highest BCUT2D eigenvalue weighted by molar-refractivity contribution is 6.30. The normalized spacial score (nSPS) is 24.7. The van der Waals surface area contributed by atoms with E-state index in [2.05, 4.69) is 25.1 Å². The molecule has 6 rings (SSSR count). The van der Waals surface area contributed by atoms with Gasteiger partial charge in [-0.15, -0.1) is 0 Å². The molecular weight excluding hydrogens is 525 g/mol. The molecule has 212 valence electrons. The number of nitrogens with zero attached hydrogens (tertiary/aromatic N) is 6. The van der Waals surface area contributed by atoms with Gasteiger partial charge in [-0.1, -0.05) is 11.6 Å². The minimum absolute atomic E-state index is 0.0214. The topological polar surface area (TPSA) is 96.0 Å². The first kappa shape index (κ1) is 26.7. The summed E-state index contributed by atoms with van der Waals surface area (Å²) in [6, 6.07) is 0.103. The summed E-state index contributed by atoms with van der Waals surface area (Å²) in [6.07, 6.45) is 5.17. The average Bonchev–Trinajstić information content (AvgIpc) is 3.60. The molecule has 3 aliphatic heterocycles. The molecule has 39 heavy (non-hydrogen) atoms. The predicted molar refractivity (Wildman–Crippen MR) is 146 cm³/mol. The van der Waals surface area contributed by atoms with Gasteiger partial charge in [0.1, 0.15) is 16.9 Å². The molecule has 3 saturated heterocycles. The van der Waals surface area contributed by atoms with Gasteiger partial charge in [0.25, 0.3) is 0 Å². The number of halogens is 2. The fraction of sp³-hybridized carbons (Fsp3) is 0.704. The summed E-state index contributed by atoms with van der Waals surface area (Å²) in [4.78, 5) is 32.7. The van der Waals surface area contributed by atoms with E-state index in [9.17, 15) is 4.79 Å². The molecule has 2 aromatic rings. The van der Waals surface area contributed by atoms with E-state index in [0.717, 1.165) is 58.4 Å². The number of hydrogen-bond donors (Lipinski definition) is 1. The van der Waals surface area contributed by atoms with Gasteiger partial charge in [-0.3, -0.25) is 4.90 Å². The second-order valence-corrected chi connectivity index (χ2v) is 12.8. The Morgan fingerprint density at radius 3 is 2.51 bits per heavy atom. The van der Waals surface area contributed by atoms with Crippen LogP contribution < -0.4 is 15.0 Å². The van der Waals surface area contributed by atoms with Crippen molar-refractivity contribution in [2.75, 3.05) is 57.3 Å².